The Morgan fingerprint density at radius 1 is 1.33 bits per heavy atom. The van der Waals surface area contributed by atoms with Crippen molar-refractivity contribution in [1.29, 1.82) is 0 Å². The van der Waals surface area contributed by atoms with Gasteiger partial charge in [0, 0.05) is 18.5 Å². The predicted octanol–water partition coefficient (Wildman–Crippen LogP) is 2.79. The summed E-state index contributed by atoms with van der Waals surface area (Å²) in [5.41, 5.74) is 1.71. The number of hydrogen-bond donors (Lipinski definition) is 0. The molecule has 0 spiro atoms. The second kappa shape index (κ2) is 7.48. The number of benzene rings is 1. The molecule has 1 aromatic heterocycles. The van der Waals surface area contributed by atoms with Crippen molar-refractivity contribution in [3.8, 4) is 0 Å². The first-order chi connectivity index (χ1) is 11.3. The van der Waals surface area contributed by atoms with Crippen LogP contribution in [0.1, 0.15) is 17.0 Å². The molecule has 1 heterocycles. The fourth-order valence-corrected chi connectivity index (χ4v) is 2.86. The molecule has 0 aliphatic carbocycles. The van der Waals surface area contributed by atoms with Gasteiger partial charge in [0.05, 0.1) is 4.92 Å². The van der Waals surface area contributed by atoms with Crippen LogP contribution in [0.3, 0.4) is 0 Å². The van der Waals surface area contributed by atoms with E-state index in [4.69, 9.17) is 0 Å². The van der Waals surface area contributed by atoms with E-state index >= 15 is 0 Å². The first-order valence-corrected chi connectivity index (χ1v) is 8.61. The third kappa shape index (κ3) is 3.94. The van der Waals surface area contributed by atoms with Gasteiger partial charge in [0.2, 0.25) is 5.91 Å². The van der Waals surface area contributed by atoms with Gasteiger partial charge in [0.1, 0.15) is 17.9 Å². The van der Waals surface area contributed by atoms with Crippen LogP contribution in [0.2, 0.25) is 0 Å². The van der Waals surface area contributed by atoms with E-state index in [1.807, 2.05) is 30.5 Å². The number of carbonyl (C=O) groups excluding carboxylic acids is 1. The van der Waals surface area contributed by atoms with Gasteiger partial charge in [0.15, 0.2) is 0 Å². The molecule has 0 aliphatic rings. The van der Waals surface area contributed by atoms with Crippen molar-refractivity contribution in [3.63, 3.8) is 0 Å². The number of thioether (sulfide) groups is 1. The van der Waals surface area contributed by atoms with Gasteiger partial charge in [-0.3, -0.25) is 19.6 Å². The highest BCUT2D eigenvalue weighted by molar-refractivity contribution is 7.98. The fraction of sp³-hybridized carbons (Fsp3) is 0.375. The van der Waals surface area contributed by atoms with Crippen LogP contribution in [0, 0.1) is 24.0 Å². The number of rotatable bonds is 6. The number of likely N-dealkylation sites (N-methyl/N-ethyl adjacent to an activating group) is 1. The molecule has 0 fully saturated rings. The van der Waals surface area contributed by atoms with Crippen LogP contribution in [0.4, 0.5) is 5.69 Å². The Balaban J connectivity index is 2.06. The highest BCUT2D eigenvalue weighted by atomic mass is 32.2. The van der Waals surface area contributed by atoms with Crippen molar-refractivity contribution >= 4 is 23.4 Å². The zero-order valence-electron chi connectivity index (χ0n) is 14.1. The van der Waals surface area contributed by atoms with Gasteiger partial charge < -0.3 is 4.90 Å². The van der Waals surface area contributed by atoms with Gasteiger partial charge in [-0.25, -0.2) is 0 Å². The molecule has 0 N–H and O–H groups in total. The standard InChI is InChI=1S/C16H20N4O3S/c1-11-16(20(22)23)12(2)19(17-11)10-15(21)18(3)9-13-5-7-14(24-4)8-6-13/h5-8H,9-10H2,1-4H3. The zero-order valence-corrected chi connectivity index (χ0v) is 15.0. The van der Waals surface area contributed by atoms with Crippen LogP contribution < -0.4 is 0 Å². The molecule has 0 aliphatic heterocycles. The maximum atomic E-state index is 12.4. The third-order valence-corrected chi connectivity index (χ3v) is 4.56. The van der Waals surface area contributed by atoms with E-state index in [0.29, 0.717) is 17.9 Å². The van der Waals surface area contributed by atoms with E-state index in [9.17, 15) is 14.9 Å². The van der Waals surface area contributed by atoms with Gasteiger partial charge >= 0.3 is 5.69 Å². The van der Waals surface area contributed by atoms with Crippen LogP contribution >= 0.6 is 11.8 Å². The molecule has 1 aromatic carbocycles. The molecule has 0 radical (unpaired) electrons. The summed E-state index contributed by atoms with van der Waals surface area (Å²) >= 11 is 1.66. The molecule has 8 heteroatoms. The molecule has 0 unspecified atom stereocenters. The first-order valence-electron chi connectivity index (χ1n) is 7.38. The maximum Gasteiger partial charge on any atom is 0.312 e. The number of nitro groups is 1. The Bertz CT molecular complexity index is 755. The van der Waals surface area contributed by atoms with Gasteiger partial charge in [0.25, 0.3) is 0 Å². The molecule has 2 rings (SSSR count). The summed E-state index contributed by atoms with van der Waals surface area (Å²) in [6.45, 7) is 3.64. The highest BCUT2D eigenvalue weighted by Gasteiger charge is 2.23. The molecule has 1 amide bonds. The zero-order chi connectivity index (χ0) is 17.9. The largest absolute Gasteiger partial charge is 0.340 e. The van der Waals surface area contributed by atoms with E-state index < -0.39 is 4.92 Å². The van der Waals surface area contributed by atoms with Crippen LogP contribution in [0.25, 0.3) is 0 Å². The Morgan fingerprint density at radius 3 is 2.46 bits per heavy atom. The minimum Gasteiger partial charge on any atom is -0.340 e. The van der Waals surface area contributed by atoms with Crippen LogP contribution in [0.15, 0.2) is 29.2 Å². The van der Waals surface area contributed by atoms with E-state index in [0.717, 1.165) is 5.56 Å². The fourth-order valence-electron chi connectivity index (χ4n) is 2.45. The predicted molar refractivity (Wildman–Crippen MR) is 93.1 cm³/mol. The lowest BCUT2D eigenvalue weighted by Crippen LogP contribution is -2.30. The summed E-state index contributed by atoms with van der Waals surface area (Å²) in [4.78, 5) is 25.7. The molecule has 0 saturated carbocycles. The quantitative estimate of drug-likeness (QED) is 0.455. The molecule has 2 aromatic rings. The average molecular weight is 348 g/mol. The Morgan fingerprint density at radius 2 is 1.96 bits per heavy atom. The molecule has 0 bridgehead atoms. The SMILES string of the molecule is CSc1ccc(CN(C)C(=O)Cn2nc(C)c([N+](=O)[O-])c2C)cc1. The van der Waals surface area contributed by atoms with E-state index in [1.54, 1.807) is 37.6 Å². The van der Waals surface area contributed by atoms with Crippen LogP contribution in [0.5, 0.6) is 0 Å². The monoisotopic (exact) mass is 348 g/mol. The molecular weight excluding hydrogens is 328 g/mol. The van der Waals surface area contributed by atoms with Crippen molar-refractivity contribution < 1.29 is 9.72 Å². The number of aryl methyl sites for hydroxylation is 1. The first kappa shape index (κ1) is 18.0. The van der Waals surface area contributed by atoms with E-state index in [1.165, 1.54) is 9.58 Å². The molecule has 24 heavy (non-hydrogen) atoms. The maximum absolute atomic E-state index is 12.4. The van der Waals surface area contributed by atoms with E-state index in [-0.39, 0.29) is 18.1 Å². The van der Waals surface area contributed by atoms with Gasteiger partial charge in [-0.05, 0) is 37.8 Å². The summed E-state index contributed by atoms with van der Waals surface area (Å²) in [6.07, 6.45) is 2.01. The lowest BCUT2D eigenvalue weighted by Gasteiger charge is -2.17. The number of hydrogen-bond acceptors (Lipinski definition) is 5. The summed E-state index contributed by atoms with van der Waals surface area (Å²) in [5, 5.41) is 15.1. The number of aromatic nitrogens is 2. The van der Waals surface area contributed by atoms with Crippen molar-refractivity contribution in [2.75, 3.05) is 13.3 Å². The molecule has 0 saturated heterocycles. The second-order valence-corrected chi connectivity index (χ2v) is 6.41. The lowest BCUT2D eigenvalue weighted by atomic mass is 10.2. The summed E-state index contributed by atoms with van der Waals surface area (Å²) in [7, 11) is 1.71. The lowest BCUT2D eigenvalue weighted by molar-refractivity contribution is -0.386. The Hall–Kier alpha value is -2.35. The molecule has 0 atom stereocenters. The number of amides is 1. The smallest absolute Gasteiger partial charge is 0.312 e. The second-order valence-electron chi connectivity index (χ2n) is 5.53. The van der Waals surface area contributed by atoms with E-state index in [2.05, 4.69) is 5.10 Å². The van der Waals surface area contributed by atoms with Crippen LogP contribution in [-0.4, -0.2) is 38.8 Å². The van der Waals surface area contributed by atoms with Crippen molar-refractivity contribution in [3.05, 3.63) is 51.3 Å². The average Bonchev–Trinajstić information content (AvgIpc) is 2.81. The molecule has 128 valence electrons. The van der Waals surface area contributed by atoms with Crippen molar-refractivity contribution in [2.24, 2.45) is 0 Å². The van der Waals surface area contributed by atoms with Gasteiger partial charge in [-0.1, -0.05) is 12.1 Å². The summed E-state index contributed by atoms with van der Waals surface area (Å²) < 4.78 is 1.39. The Labute approximate surface area is 144 Å². The van der Waals surface area contributed by atoms with Crippen molar-refractivity contribution in [2.45, 2.75) is 31.8 Å². The minimum absolute atomic E-state index is 0.0140. The third-order valence-electron chi connectivity index (χ3n) is 3.82. The minimum atomic E-state index is -0.463. The topological polar surface area (TPSA) is 81.3 Å². The number of carbonyl (C=O) groups is 1. The molecule has 7 nitrogen and oxygen atoms in total. The normalized spacial score (nSPS) is 10.7. The van der Waals surface area contributed by atoms with Gasteiger partial charge in [-0.15, -0.1) is 11.8 Å². The number of nitrogens with zero attached hydrogens (tertiary/aromatic N) is 4. The highest BCUT2D eigenvalue weighted by Crippen LogP contribution is 2.22. The molecular formula is C16H20N4O3S. The van der Waals surface area contributed by atoms with Crippen LogP contribution in [-0.2, 0) is 17.9 Å². The Kier molecular flexibility index (Phi) is 5.61. The van der Waals surface area contributed by atoms with Gasteiger partial charge in [-0.2, -0.15) is 5.10 Å². The summed E-state index contributed by atoms with van der Waals surface area (Å²) in [5.74, 6) is -0.149. The van der Waals surface area contributed by atoms with Crippen molar-refractivity contribution in [1.82, 2.24) is 14.7 Å². The summed E-state index contributed by atoms with van der Waals surface area (Å²) in [6, 6.07) is 8.01.